The van der Waals surface area contributed by atoms with Crippen molar-refractivity contribution in [3.8, 4) is 0 Å². The molecule has 0 bridgehead atoms. The number of hydrogen-bond donors (Lipinski definition) is 1. The third kappa shape index (κ3) is 2.73. The normalized spacial score (nSPS) is 18.4. The van der Waals surface area contributed by atoms with Crippen LogP contribution in [0.4, 0.5) is 0 Å². The first-order valence-corrected chi connectivity index (χ1v) is 6.60. The van der Waals surface area contributed by atoms with E-state index < -0.39 is 0 Å². The second-order valence-corrected chi connectivity index (χ2v) is 5.21. The number of nitrogens with two attached hydrogens (primary N) is 1. The molecule has 0 aliphatic carbocycles. The van der Waals surface area contributed by atoms with Gasteiger partial charge in [-0.3, -0.25) is 9.78 Å². The van der Waals surface area contributed by atoms with Crippen molar-refractivity contribution in [2.45, 2.75) is 19.0 Å². The Balaban J connectivity index is 0.00000147. The Morgan fingerprint density at radius 3 is 2.90 bits per heavy atom. The third-order valence-electron chi connectivity index (χ3n) is 3.47. The maximum absolute atomic E-state index is 11.8. The van der Waals surface area contributed by atoms with Crippen LogP contribution in [-0.2, 0) is 11.3 Å². The van der Waals surface area contributed by atoms with Crippen molar-refractivity contribution >= 4 is 40.8 Å². The molecule has 1 aliphatic heterocycles. The maximum atomic E-state index is 11.8. The molecule has 20 heavy (non-hydrogen) atoms. The molecule has 0 spiro atoms. The number of pyridine rings is 1. The Labute approximate surface area is 128 Å². The summed E-state index contributed by atoms with van der Waals surface area (Å²) in [5.74, 6) is 0.0254. The van der Waals surface area contributed by atoms with Crippen molar-refractivity contribution in [2.24, 2.45) is 5.73 Å². The molecule has 2 heterocycles. The topological polar surface area (TPSA) is 59.2 Å². The largest absolute Gasteiger partial charge is 0.337 e. The van der Waals surface area contributed by atoms with E-state index in [-0.39, 0.29) is 24.4 Å². The van der Waals surface area contributed by atoms with Crippen LogP contribution < -0.4 is 5.73 Å². The summed E-state index contributed by atoms with van der Waals surface area (Å²) in [6.45, 7) is 1.30. The molecule has 0 saturated carbocycles. The number of aromatic nitrogens is 1. The zero-order valence-corrected chi connectivity index (χ0v) is 12.3. The second-order valence-electron chi connectivity index (χ2n) is 4.80. The quantitative estimate of drug-likeness (QED) is 0.926. The Morgan fingerprint density at radius 1 is 1.40 bits per heavy atom. The fraction of sp³-hybridized carbons (Fsp3) is 0.286. The zero-order chi connectivity index (χ0) is 13.4. The highest BCUT2D eigenvalue weighted by Crippen LogP contribution is 2.23. The van der Waals surface area contributed by atoms with Crippen molar-refractivity contribution in [3.05, 3.63) is 41.0 Å². The van der Waals surface area contributed by atoms with Crippen molar-refractivity contribution in [1.29, 1.82) is 0 Å². The van der Waals surface area contributed by atoms with E-state index in [0.29, 0.717) is 11.6 Å². The van der Waals surface area contributed by atoms with E-state index in [1.807, 2.05) is 18.2 Å². The molecule has 1 fully saturated rings. The lowest BCUT2D eigenvalue weighted by Gasteiger charge is -2.16. The number of likely N-dealkylation sites (tertiary alicyclic amines) is 1. The molecular weight excluding hydrogens is 297 g/mol. The summed E-state index contributed by atoms with van der Waals surface area (Å²) < 4.78 is 0. The van der Waals surface area contributed by atoms with Gasteiger partial charge >= 0.3 is 0 Å². The number of nitrogens with zero attached hydrogens (tertiary/aromatic N) is 2. The number of benzene rings is 1. The van der Waals surface area contributed by atoms with Crippen LogP contribution in [-0.4, -0.2) is 28.4 Å². The number of halogens is 2. The lowest BCUT2D eigenvalue weighted by molar-refractivity contribution is -0.129. The molecule has 1 aliphatic rings. The predicted octanol–water partition coefficient (Wildman–Crippen LogP) is 2.37. The van der Waals surface area contributed by atoms with Gasteiger partial charge in [0.25, 0.3) is 0 Å². The van der Waals surface area contributed by atoms with Crippen LogP contribution in [0.5, 0.6) is 0 Å². The van der Waals surface area contributed by atoms with Crippen LogP contribution in [0, 0.1) is 0 Å². The molecule has 6 heteroatoms. The van der Waals surface area contributed by atoms with Crippen LogP contribution in [0.1, 0.15) is 12.0 Å². The lowest BCUT2D eigenvalue weighted by Crippen LogP contribution is -2.33. The first kappa shape index (κ1) is 15.0. The average Bonchev–Trinajstić information content (AvgIpc) is 2.72. The smallest absolute Gasteiger partial charge is 0.239 e. The molecule has 1 atom stereocenters. The molecule has 1 amide bonds. The molecule has 0 radical (unpaired) electrons. The van der Waals surface area contributed by atoms with E-state index in [2.05, 4.69) is 4.98 Å². The lowest BCUT2D eigenvalue weighted by atomic mass is 10.1. The van der Waals surface area contributed by atoms with Crippen molar-refractivity contribution in [1.82, 2.24) is 9.88 Å². The van der Waals surface area contributed by atoms with Gasteiger partial charge < -0.3 is 10.6 Å². The van der Waals surface area contributed by atoms with Gasteiger partial charge in [-0.1, -0.05) is 17.7 Å². The second kappa shape index (κ2) is 5.95. The molecule has 4 nitrogen and oxygen atoms in total. The molecule has 2 aromatic rings. The number of carbonyl (C=O) groups excluding carboxylic acids is 1. The minimum absolute atomic E-state index is 0. The SMILES string of the molecule is Cl.N[C@H]1CCN(Cc2ccc3nccc(Cl)c3c2)C1=O. The van der Waals surface area contributed by atoms with Gasteiger partial charge in [0.15, 0.2) is 0 Å². The molecular formula is C14H15Cl2N3O. The van der Waals surface area contributed by atoms with Gasteiger partial charge in [0.05, 0.1) is 16.6 Å². The number of carbonyl (C=O) groups is 1. The van der Waals surface area contributed by atoms with E-state index in [1.165, 1.54) is 0 Å². The summed E-state index contributed by atoms with van der Waals surface area (Å²) in [5, 5.41) is 1.59. The van der Waals surface area contributed by atoms with Crippen LogP contribution in [0.15, 0.2) is 30.5 Å². The van der Waals surface area contributed by atoms with E-state index in [1.54, 1.807) is 17.2 Å². The molecule has 1 saturated heterocycles. The van der Waals surface area contributed by atoms with Gasteiger partial charge in [0, 0.05) is 24.7 Å². The first-order chi connectivity index (χ1) is 9.15. The third-order valence-corrected chi connectivity index (χ3v) is 3.79. The van der Waals surface area contributed by atoms with Crippen LogP contribution in [0.2, 0.25) is 5.02 Å². The summed E-state index contributed by atoms with van der Waals surface area (Å²) in [5.41, 5.74) is 7.62. The standard InChI is InChI=1S/C14H14ClN3O.ClH/c15-11-3-5-17-13-2-1-9(7-10(11)13)8-18-6-4-12(16)14(18)19;/h1-3,5,7,12H,4,6,8,16H2;1H/t12-;/m0./s1. The first-order valence-electron chi connectivity index (χ1n) is 6.22. The maximum Gasteiger partial charge on any atom is 0.239 e. The molecule has 3 rings (SSSR count). The molecule has 1 aromatic carbocycles. The monoisotopic (exact) mass is 311 g/mol. The summed E-state index contributed by atoms with van der Waals surface area (Å²) in [6.07, 6.45) is 2.42. The van der Waals surface area contributed by atoms with Gasteiger partial charge in [-0.15, -0.1) is 12.4 Å². The number of rotatable bonds is 2. The van der Waals surface area contributed by atoms with Gasteiger partial charge in [0.2, 0.25) is 5.91 Å². The minimum atomic E-state index is -0.342. The summed E-state index contributed by atoms with van der Waals surface area (Å²) in [7, 11) is 0. The Kier molecular flexibility index (Phi) is 4.48. The zero-order valence-electron chi connectivity index (χ0n) is 10.8. The molecule has 1 aromatic heterocycles. The Hall–Kier alpha value is -1.36. The highest BCUT2D eigenvalue weighted by molar-refractivity contribution is 6.35. The molecule has 0 unspecified atom stereocenters. The summed E-state index contributed by atoms with van der Waals surface area (Å²) in [6, 6.07) is 7.32. The van der Waals surface area contributed by atoms with E-state index >= 15 is 0 Å². The predicted molar refractivity (Wildman–Crippen MR) is 82.0 cm³/mol. The van der Waals surface area contributed by atoms with Gasteiger partial charge in [-0.2, -0.15) is 0 Å². The van der Waals surface area contributed by atoms with Gasteiger partial charge in [-0.25, -0.2) is 0 Å². The molecule has 106 valence electrons. The fourth-order valence-electron chi connectivity index (χ4n) is 2.40. The highest BCUT2D eigenvalue weighted by Gasteiger charge is 2.28. The van der Waals surface area contributed by atoms with Crippen molar-refractivity contribution < 1.29 is 4.79 Å². The van der Waals surface area contributed by atoms with Crippen molar-refractivity contribution in [3.63, 3.8) is 0 Å². The number of amides is 1. The Bertz CT molecular complexity index is 647. The van der Waals surface area contributed by atoms with E-state index in [0.717, 1.165) is 29.4 Å². The highest BCUT2D eigenvalue weighted by atomic mass is 35.5. The van der Waals surface area contributed by atoms with Crippen LogP contribution in [0.3, 0.4) is 0 Å². The van der Waals surface area contributed by atoms with Crippen LogP contribution in [0.25, 0.3) is 10.9 Å². The minimum Gasteiger partial charge on any atom is -0.337 e. The van der Waals surface area contributed by atoms with Gasteiger partial charge in [-0.05, 0) is 30.2 Å². The average molecular weight is 312 g/mol. The van der Waals surface area contributed by atoms with Crippen molar-refractivity contribution in [2.75, 3.05) is 6.54 Å². The van der Waals surface area contributed by atoms with Crippen LogP contribution >= 0.6 is 24.0 Å². The van der Waals surface area contributed by atoms with E-state index in [9.17, 15) is 4.79 Å². The molecule has 2 N–H and O–H groups in total. The van der Waals surface area contributed by atoms with E-state index in [4.69, 9.17) is 17.3 Å². The number of fused-ring (bicyclic) bond motifs is 1. The Morgan fingerprint density at radius 2 is 2.20 bits per heavy atom. The fourth-order valence-corrected chi connectivity index (χ4v) is 2.61. The summed E-state index contributed by atoms with van der Waals surface area (Å²) in [4.78, 5) is 17.8. The summed E-state index contributed by atoms with van der Waals surface area (Å²) >= 11 is 6.16. The van der Waals surface area contributed by atoms with Gasteiger partial charge in [0.1, 0.15) is 0 Å². The number of hydrogen-bond acceptors (Lipinski definition) is 3.